The van der Waals surface area contributed by atoms with Crippen LogP contribution in [0.25, 0.3) is 0 Å². The highest BCUT2D eigenvalue weighted by atomic mass is 19.2. The van der Waals surface area contributed by atoms with Gasteiger partial charge in [-0.25, -0.2) is 22.8 Å². The van der Waals surface area contributed by atoms with E-state index >= 15 is 0 Å². The minimum absolute atomic E-state index is 0.0337. The molecule has 0 saturated carbocycles. The Morgan fingerprint density at radius 1 is 1.06 bits per heavy atom. The van der Waals surface area contributed by atoms with Crippen molar-refractivity contribution in [2.45, 2.75) is 31.4 Å². The molecule has 0 atom stereocenters. The number of hydrogen-bond donors (Lipinski definition) is 2. The van der Waals surface area contributed by atoms with Crippen LogP contribution in [0.3, 0.4) is 0 Å². The molecule has 1 amide bonds. The van der Waals surface area contributed by atoms with Gasteiger partial charge in [-0.1, -0.05) is 0 Å². The SMILES string of the molecule is O=C(O)c1ccc(N2CC3(CCN(Cc4cn[nH]c4Cc4cc(F)c(F)cc4F)CC3)OC2=O)cc1. The molecule has 5 rings (SSSR count). The third-order valence-electron chi connectivity index (χ3n) is 6.82. The van der Waals surface area contributed by atoms with Crippen molar-refractivity contribution in [3.05, 3.63) is 82.4 Å². The molecule has 188 valence electrons. The molecule has 36 heavy (non-hydrogen) atoms. The summed E-state index contributed by atoms with van der Waals surface area (Å²) in [4.78, 5) is 27.3. The highest BCUT2D eigenvalue weighted by Crippen LogP contribution is 2.36. The number of aromatic nitrogens is 2. The molecule has 2 saturated heterocycles. The van der Waals surface area contributed by atoms with Gasteiger partial charge in [-0.2, -0.15) is 5.10 Å². The summed E-state index contributed by atoms with van der Waals surface area (Å²) in [6.45, 7) is 2.17. The maximum absolute atomic E-state index is 14.1. The molecule has 8 nitrogen and oxygen atoms in total. The lowest BCUT2D eigenvalue weighted by Gasteiger charge is -2.37. The molecule has 0 aliphatic carbocycles. The van der Waals surface area contributed by atoms with Gasteiger partial charge in [0.25, 0.3) is 0 Å². The summed E-state index contributed by atoms with van der Waals surface area (Å²) >= 11 is 0. The summed E-state index contributed by atoms with van der Waals surface area (Å²) in [5.41, 5.74) is 1.55. The standard InChI is InChI=1S/C25H23F3N4O4/c26-19-11-21(28)20(27)9-16(19)10-22-17(12-29-30-22)13-31-7-5-25(6-8-31)14-32(24(35)36-25)18-3-1-15(2-4-18)23(33)34/h1-4,9,11-12H,5-8,10,13-14H2,(H,29,30)(H,33,34). The predicted octanol–water partition coefficient (Wildman–Crippen LogP) is 4.11. The van der Waals surface area contributed by atoms with Crippen molar-refractivity contribution in [1.29, 1.82) is 0 Å². The van der Waals surface area contributed by atoms with Crippen LogP contribution in [0.4, 0.5) is 23.7 Å². The fourth-order valence-corrected chi connectivity index (χ4v) is 4.74. The first kappa shape index (κ1) is 23.9. The molecule has 1 aromatic heterocycles. The number of rotatable bonds is 6. The van der Waals surface area contributed by atoms with Gasteiger partial charge in [-0.05, 0) is 35.9 Å². The highest BCUT2D eigenvalue weighted by Gasteiger charge is 2.47. The Morgan fingerprint density at radius 2 is 1.75 bits per heavy atom. The van der Waals surface area contributed by atoms with Crippen LogP contribution in [0.1, 0.15) is 40.0 Å². The Morgan fingerprint density at radius 3 is 2.44 bits per heavy atom. The lowest BCUT2D eigenvalue weighted by molar-refractivity contribution is -0.00102. The van der Waals surface area contributed by atoms with Gasteiger partial charge in [0, 0.05) is 61.9 Å². The van der Waals surface area contributed by atoms with Crippen molar-refractivity contribution in [2.75, 3.05) is 24.5 Å². The van der Waals surface area contributed by atoms with E-state index in [9.17, 15) is 22.8 Å². The van der Waals surface area contributed by atoms with Crippen LogP contribution in [-0.4, -0.2) is 57.5 Å². The second kappa shape index (κ2) is 9.30. The number of carboxylic acid groups (broad SMARTS) is 1. The molecule has 0 radical (unpaired) electrons. The summed E-state index contributed by atoms with van der Waals surface area (Å²) in [6, 6.07) is 7.48. The van der Waals surface area contributed by atoms with Crippen LogP contribution in [0.2, 0.25) is 0 Å². The number of likely N-dealkylation sites (tertiary alicyclic amines) is 1. The Labute approximate surface area is 204 Å². The zero-order valence-electron chi connectivity index (χ0n) is 19.1. The number of piperidine rings is 1. The topological polar surface area (TPSA) is 98.8 Å². The number of anilines is 1. The summed E-state index contributed by atoms with van der Waals surface area (Å²) in [6.07, 6.45) is 2.43. The van der Waals surface area contributed by atoms with Crippen molar-refractivity contribution in [3.63, 3.8) is 0 Å². The minimum atomic E-state index is -1.23. The van der Waals surface area contributed by atoms with E-state index in [2.05, 4.69) is 15.1 Å². The minimum Gasteiger partial charge on any atom is -0.478 e. The number of H-pyrrole nitrogens is 1. The normalized spacial score (nSPS) is 17.5. The molecular weight excluding hydrogens is 477 g/mol. The number of nitrogens with zero attached hydrogens (tertiary/aromatic N) is 3. The zero-order chi connectivity index (χ0) is 25.4. The zero-order valence-corrected chi connectivity index (χ0v) is 19.1. The van der Waals surface area contributed by atoms with E-state index in [0.29, 0.717) is 56.5 Å². The number of hydrogen-bond acceptors (Lipinski definition) is 5. The Balaban J connectivity index is 1.21. The Hall–Kier alpha value is -3.86. The van der Waals surface area contributed by atoms with Gasteiger partial charge in [-0.15, -0.1) is 0 Å². The van der Waals surface area contributed by atoms with Crippen molar-refractivity contribution >= 4 is 17.7 Å². The number of benzene rings is 2. The van der Waals surface area contributed by atoms with Crippen molar-refractivity contribution in [3.8, 4) is 0 Å². The van der Waals surface area contributed by atoms with Gasteiger partial charge in [0.2, 0.25) is 0 Å². The molecule has 2 N–H and O–H groups in total. The third-order valence-corrected chi connectivity index (χ3v) is 6.82. The van der Waals surface area contributed by atoms with E-state index in [0.717, 1.165) is 11.6 Å². The van der Waals surface area contributed by atoms with E-state index < -0.39 is 35.1 Å². The number of carbonyl (C=O) groups is 2. The van der Waals surface area contributed by atoms with E-state index in [4.69, 9.17) is 9.84 Å². The van der Waals surface area contributed by atoms with Crippen LogP contribution in [0.5, 0.6) is 0 Å². The van der Waals surface area contributed by atoms with Gasteiger partial charge in [-0.3, -0.25) is 14.9 Å². The number of carbonyl (C=O) groups excluding carboxylic acids is 1. The number of aromatic amines is 1. The largest absolute Gasteiger partial charge is 0.478 e. The lowest BCUT2D eigenvalue weighted by atomic mass is 9.91. The Kier molecular flexibility index (Phi) is 6.17. The maximum atomic E-state index is 14.1. The molecule has 2 fully saturated rings. The van der Waals surface area contributed by atoms with Crippen LogP contribution >= 0.6 is 0 Å². The quantitative estimate of drug-likeness (QED) is 0.495. The van der Waals surface area contributed by atoms with Gasteiger partial charge < -0.3 is 9.84 Å². The lowest BCUT2D eigenvalue weighted by Crippen LogP contribution is -2.46. The van der Waals surface area contributed by atoms with Crippen LogP contribution in [0, 0.1) is 17.5 Å². The smallest absolute Gasteiger partial charge is 0.415 e. The second-order valence-electron chi connectivity index (χ2n) is 9.17. The first-order valence-electron chi connectivity index (χ1n) is 11.4. The first-order valence-corrected chi connectivity index (χ1v) is 11.4. The molecule has 2 aromatic carbocycles. The fourth-order valence-electron chi connectivity index (χ4n) is 4.74. The van der Waals surface area contributed by atoms with E-state index in [1.165, 1.54) is 17.0 Å². The molecule has 3 aromatic rings. The average molecular weight is 500 g/mol. The number of amides is 1. The molecule has 2 aliphatic heterocycles. The average Bonchev–Trinajstić information content (AvgIpc) is 3.42. The highest BCUT2D eigenvalue weighted by molar-refractivity contribution is 5.92. The summed E-state index contributed by atoms with van der Waals surface area (Å²) < 4.78 is 46.7. The number of ether oxygens (including phenoxy) is 1. The predicted molar refractivity (Wildman–Crippen MR) is 122 cm³/mol. The van der Waals surface area contributed by atoms with E-state index in [1.807, 2.05) is 0 Å². The Bertz CT molecular complexity index is 1300. The number of aromatic carboxylic acids is 1. The van der Waals surface area contributed by atoms with Crippen LogP contribution < -0.4 is 4.90 Å². The van der Waals surface area contributed by atoms with E-state index in [1.54, 1.807) is 18.3 Å². The van der Waals surface area contributed by atoms with Crippen molar-refractivity contribution in [2.24, 2.45) is 0 Å². The molecular formula is C25H23F3N4O4. The summed E-state index contributed by atoms with van der Waals surface area (Å²) in [5.74, 6) is -4.19. The summed E-state index contributed by atoms with van der Waals surface area (Å²) in [7, 11) is 0. The molecule has 0 bridgehead atoms. The van der Waals surface area contributed by atoms with Gasteiger partial charge in [0.1, 0.15) is 11.4 Å². The van der Waals surface area contributed by atoms with Crippen LogP contribution in [0.15, 0.2) is 42.6 Å². The molecule has 1 spiro atoms. The number of nitrogens with one attached hydrogen (secondary N) is 1. The monoisotopic (exact) mass is 500 g/mol. The van der Waals surface area contributed by atoms with Crippen LogP contribution in [-0.2, 0) is 17.7 Å². The second-order valence-corrected chi connectivity index (χ2v) is 9.17. The maximum Gasteiger partial charge on any atom is 0.415 e. The van der Waals surface area contributed by atoms with Gasteiger partial charge in [0.05, 0.1) is 18.3 Å². The van der Waals surface area contributed by atoms with E-state index in [-0.39, 0.29) is 17.5 Å². The van der Waals surface area contributed by atoms with Crippen molar-refractivity contribution in [1.82, 2.24) is 15.1 Å². The molecule has 0 unspecified atom stereocenters. The van der Waals surface area contributed by atoms with Gasteiger partial charge >= 0.3 is 12.1 Å². The molecule has 3 heterocycles. The molecule has 2 aliphatic rings. The first-order chi connectivity index (χ1) is 17.2. The number of carboxylic acids is 1. The number of halogens is 3. The summed E-state index contributed by atoms with van der Waals surface area (Å²) in [5, 5.41) is 15.9. The third kappa shape index (κ3) is 4.66. The molecule has 11 heteroatoms. The fraction of sp³-hybridized carbons (Fsp3) is 0.320. The van der Waals surface area contributed by atoms with Gasteiger partial charge in [0.15, 0.2) is 11.6 Å². The van der Waals surface area contributed by atoms with Crippen molar-refractivity contribution < 1.29 is 32.6 Å².